The number of hydrogen-bond acceptors (Lipinski definition) is 3. The molecule has 18 heavy (non-hydrogen) atoms. The third-order valence-corrected chi connectivity index (χ3v) is 3.11. The standard InChI is InChI=1S/C15H14N2O/c18-10-12-5-3-4-11-7-9-17-15(14(11)12)13-6-1-2-8-16-13/h1-7,9,16,18H,8,10H2. The van der Waals surface area contributed by atoms with E-state index in [0.29, 0.717) is 0 Å². The van der Waals surface area contributed by atoms with E-state index < -0.39 is 0 Å². The Bertz CT molecular complexity index is 639. The smallest absolute Gasteiger partial charge is 0.0942 e. The molecule has 0 saturated carbocycles. The van der Waals surface area contributed by atoms with Crippen molar-refractivity contribution >= 4 is 16.5 Å². The summed E-state index contributed by atoms with van der Waals surface area (Å²) in [6.07, 6.45) is 7.90. The second-order valence-corrected chi connectivity index (χ2v) is 4.22. The summed E-state index contributed by atoms with van der Waals surface area (Å²) < 4.78 is 0. The summed E-state index contributed by atoms with van der Waals surface area (Å²) in [4.78, 5) is 4.46. The Labute approximate surface area is 105 Å². The van der Waals surface area contributed by atoms with E-state index in [1.807, 2.05) is 36.4 Å². The predicted octanol–water partition coefficient (Wildman–Crippen LogP) is 2.23. The highest BCUT2D eigenvalue weighted by atomic mass is 16.3. The Morgan fingerprint density at radius 1 is 1.28 bits per heavy atom. The molecule has 0 bridgehead atoms. The molecule has 2 aromatic rings. The second kappa shape index (κ2) is 4.63. The molecule has 0 atom stereocenters. The number of benzene rings is 1. The Balaban J connectivity index is 2.28. The number of hydrogen-bond donors (Lipinski definition) is 2. The Kier molecular flexibility index (Phi) is 2.82. The van der Waals surface area contributed by atoms with Crippen LogP contribution >= 0.6 is 0 Å². The van der Waals surface area contributed by atoms with Gasteiger partial charge in [-0.1, -0.05) is 30.4 Å². The monoisotopic (exact) mass is 238 g/mol. The van der Waals surface area contributed by atoms with E-state index in [1.54, 1.807) is 6.20 Å². The first-order valence-corrected chi connectivity index (χ1v) is 5.98. The third kappa shape index (κ3) is 1.79. The second-order valence-electron chi connectivity index (χ2n) is 4.22. The normalized spacial score (nSPS) is 14.4. The van der Waals surface area contributed by atoms with Crippen molar-refractivity contribution in [1.29, 1.82) is 0 Å². The molecular weight excluding hydrogens is 224 g/mol. The molecule has 1 aromatic heterocycles. The maximum Gasteiger partial charge on any atom is 0.0942 e. The number of rotatable bonds is 2. The zero-order chi connectivity index (χ0) is 12.4. The molecule has 2 N–H and O–H groups in total. The summed E-state index contributed by atoms with van der Waals surface area (Å²) >= 11 is 0. The number of aliphatic hydroxyl groups is 1. The molecular formula is C15H14N2O. The summed E-state index contributed by atoms with van der Waals surface area (Å²) in [5, 5.41) is 14.9. The van der Waals surface area contributed by atoms with Crippen LogP contribution in [-0.2, 0) is 6.61 Å². The lowest BCUT2D eigenvalue weighted by Gasteiger charge is -2.15. The number of allylic oxidation sites excluding steroid dienone is 2. The van der Waals surface area contributed by atoms with Crippen molar-refractivity contribution in [2.45, 2.75) is 6.61 Å². The van der Waals surface area contributed by atoms with Gasteiger partial charge >= 0.3 is 0 Å². The lowest BCUT2D eigenvalue weighted by Crippen LogP contribution is -2.15. The molecule has 0 unspecified atom stereocenters. The van der Waals surface area contributed by atoms with Crippen molar-refractivity contribution in [2.75, 3.05) is 6.54 Å². The number of fused-ring (bicyclic) bond motifs is 1. The first kappa shape index (κ1) is 11.0. The van der Waals surface area contributed by atoms with Crippen molar-refractivity contribution in [1.82, 2.24) is 10.3 Å². The topological polar surface area (TPSA) is 45.2 Å². The number of aromatic nitrogens is 1. The summed E-state index contributed by atoms with van der Waals surface area (Å²) in [5.74, 6) is 0. The molecule has 3 nitrogen and oxygen atoms in total. The van der Waals surface area contributed by atoms with Gasteiger partial charge in [0, 0.05) is 18.1 Å². The summed E-state index contributed by atoms with van der Waals surface area (Å²) in [6.45, 7) is 0.838. The molecule has 1 aliphatic rings. The molecule has 1 aliphatic heterocycles. The fraction of sp³-hybridized carbons (Fsp3) is 0.133. The van der Waals surface area contributed by atoms with Crippen LogP contribution in [0.1, 0.15) is 11.3 Å². The molecule has 3 heteroatoms. The molecule has 90 valence electrons. The van der Waals surface area contributed by atoms with E-state index in [-0.39, 0.29) is 6.61 Å². The first-order chi connectivity index (χ1) is 8.90. The fourth-order valence-electron chi connectivity index (χ4n) is 2.26. The van der Waals surface area contributed by atoms with Crippen molar-refractivity contribution in [2.24, 2.45) is 0 Å². The van der Waals surface area contributed by atoms with Gasteiger partial charge in [0.1, 0.15) is 0 Å². The van der Waals surface area contributed by atoms with E-state index in [1.165, 1.54) is 0 Å². The zero-order valence-electron chi connectivity index (χ0n) is 9.93. The van der Waals surface area contributed by atoms with E-state index >= 15 is 0 Å². The van der Waals surface area contributed by atoms with Crippen LogP contribution in [0.25, 0.3) is 16.5 Å². The lowest BCUT2D eigenvalue weighted by molar-refractivity contribution is 0.283. The van der Waals surface area contributed by atoms with Crippen LogP contribution < -0.4 is 5.32 Å². The molecule has 3 rings (SSSR count). The molecule has 1 aromatic carbocycles. The predicted molar refractivity (Wildman–Crippen MR) is 72.8 cm³/mol. The van der Waals surface area contributed by atoms with Gasteiger partial charge in [0.25, 0.3) is 0 Å². The van der Waals surface area contributed by atoms with Gasteiger partial charge in [-0.15, -0.1) is 0 Å². The third-order valence-electron chi connectivity index (χ3n) is 3.11. The van der Waals surface area contributed by atoms with Crippen molar-refractivity contribution in [3.8, 4) is 0 Å². The average Bonchev–Trinajstić information content (AvgIpc) is 2.47. The molecule has 2 heterocycles. The van der Waals surface area contributed by atoms with Crippen LogP contribution in [0.5, 0.6) is 0 Å². The van der Waals surface area contributed by atoms with Crippen molar-refractivity contribution in [3.05, 3.63) is 59.9 Å². The number of pyridine rings is 1. The van der Waals surface area contributed by atoms with Crippen LogP contribution in [0.2, 0.25) is 0 Å². The van der Waals surface area contributed by atoms with Crippen LogP contribution in [0.3, 0.4) is 0 Å². The Hall–Kier alpha value is -2.13. The van der Waals surface area contributed by atoms with Crippen molar-refractivity contribution < 1.29 is 5.11 Å². The summed E-state index contributed by atoms with van der Waals surface area (Å²) in [7, 11) is 0. The molecule has 0 amide bonds. The minimum Gasteiger partial charge on any atom is -0.392 e. The van der Waals surface area contributed by atoms with Gasteiger partial charge in [0.05, 0.1) is 18.0 Å². The highest BCUT2D eigenvalue weighted by molar-refractivity contribution is 5.94. The quantitative estimate of drug-likeness (QED) is 0.843. The van der Waals surface area contributed by atoms with Crippen LogP contribution in [-0.4, -0.2) is 16.6 Å². The van der Waals surface area contributed by atoms with E-state index in [2.05, 4.69) is 16.4 Å². The Morgan fingerprint density at radius 3 is 3.00 bits per heavy atom. The SMILES string of the molecule is OCc1cccc2ccnc(C3=CC=CCN3)c12. The van der Waals surface area contributed by atoms with Crippen LogP contribution in [0.15, 0.2) is 48.7 Å². The zero-order valence-corrected chi connectivity index (χ0v) is 9.93. The van der Waals surface area contributed by atoms with E-state index in [0.717, 1.165) is 34.3 Å². The van der Waals surface area contributed by atoms with Gasteiger partial charge in [0.15, 0.2) is 0 Å². The number of nitrogens with one attached hydrogen (secondary N) is 1. The summed E-state index contributed by atoms with van der Waals surface area (Å²) in [6, 6.07) is 7.91. The molecule has 0 aliphatic carbocycles. The molecule has 0 radical (unpaired) electrons. The van der Waals surface area contributed by atoms with Crippen LogP contribution in [0, 0.1) is 0 Å². The maximum absolute atomic E-state index is 9.48. The highest BCUT2D eigenvalue weighted by Crippen LogP contribution is 2.26. The minimum atomic E-state index is 0.0269. The first-order valence-electron chi connectivity index (χ1n) is 5.98. The number of dihydropyridines is 1. The Morgan fingerprint density at radius 2 is 2.22 bits per heavy atom. The van der Waals surface area contributed by atoms with Gasteiger partial charge in [-0.3, -0.25) is 4.98 Å². The summed E-state index contributed by atoms with van der Waals surface area (Å²) in [5.41, 5.74) is 2.82. The molecule has 0 spiro atoms. The minimum absolute atomic E-state index is 0.0269. The van der Waals surface area contributed by atoms with E-state index in [4.69, 9.17) is 0 Å². The largest absolute Gasteiger partial charge is 0.392 e. The fourth-order valence-corrected chi connectivity index (χ4v) is 2.26. The van der Waals surface area contributed by atoms with E-state index in [9.17, 15) is 5.11 Å². The van der Waals surface area contributed by atoms with Gasteiger partial charge in [-0.2, -0.15) is 0 Å². The lowest BCUT2D eigenvalue weighted by atomic mass is 10.0. The van der Waals surface area contributed by atoms with Gasteiger partial charge in [-0.25, -0.2) is 0 Å². The molecule has 0 fully saturated rings. The van der Waals surface area contributed by atoms with Gasteiger partial charge < -0.3 is 10.4 Å². The number of aliphatic hydroxyl groups excluding tert-OH is 1. The van der Waals surface area contributed by atoms with Crippen molar-refractivity contribution in [3.63, 3.8) is 0 Å². The van der Waals surface area contributed by atoms with Gasteiger partial charge in [-0.05, 0) is 23.1 Å². The van der Waals surface area contributed by atoms with Crippen LogP contribution in [0.4, 0.5) is 0 Å². The molecule has 0 saturated heterocycles. The number of nitrogens with zero attached hydrogens (tertiary/aromatic N) is 1. The van der Waals surface area contributed by atoms with Gasteiger partial charge in [0.2, 0.25) is 0 Å². The average molecular weight is 238 g/mol. The maximum atomic E-state index is 9.48. The highest BCUT2D eigenvalue weighted by Gasteiger charge is 2.11.